The molecule has 6 nitrogen and oxygen atoms in total. The van der Waals surface area contributed by atoms with Crippen LogP contribution in [0.3, 0.4) is 0 Å². The van der Waals surface area contributed by atoms with Gasteiger partial charge in [-0.2, -0.15) is 15.8 Å². The molecule has 22 heavy (non-hydrogen) atoms. The van der Waals surface area contributed by atoms with Crippen molar-refractivity contribution in [3.63, 3.8) is 0 Å². The first kappa shape index (κ1) is 16.5. The summed E-state index contributed by atoms with van der Waals surface area (Å²) < 4.78 is 0. The Morgan fingerprint density at radius 2 is 1.73 bits per heavy atom. The number of allylic oxidation sites excluding steroid dienone is 3. The molecule has 1 rings (SSSR count). The minimum atomic E-state index is -0.163. The molecule has 0 unspecified atom stereocenters. The average Bonchev–Trinajstić information content (AvgIpc) is 2.54. The molecule has 0 aliphatic heterocycles. The Bertz CT molecular complexity index is 705. The van der Waals surface area contributed by atoms with Gasteiger partial charge in [0.05, 0.1) is 11.9 Å². The molecule has 1 N–H and O–H groups in total. The minimum Gasteiger partial charge on any atom is -0.369 e. The molecule has 0 aliphatic carbocycles. The van der Waals surface area contributed by atoms with Crippen molar-refractivity contribution in [3.8, 4) is 18.2 Å². The molecule has 0 radical (unpaired) electrons. The normalized spacial score (nSPS) is 10.7. The van der Waals surface area contributed by atoms with Crippen LogP contribution in [-0.4, -0.2) is 25.3 Å². The van der Waals surface area contributed by atoms with E-state index in [1.54, 1.807) is 31.1 Å². The number of nitrogens with one attached hydrogen (secondary N) is 1. The number of nitrogens with zero attached hydrogens (tertiary/aromatic N) is 5. The first-order valence-corrected chi connectivity index (χ1v) is 6.29. The van der Waals surface area contributed by atoms with Gasteiger partial charge >= 0.3 is 0 Å². The van der Waals surface area contributed by atoms with Crippen molar-refractivity contribution in [1.29, 1.82) is 15.8 Å². The first-order valence-electron chi connectivity index (χ1n) is 6.29. The van der Waals surface area contributed by atoms with E-state index in [1.807, 2.05) is 36.4 Å². The Morgan fingerprint density at radius 1 is 1.09 bits per heavy atom. The van der Waals surface area contributed by atoms with E-state index in [4.69, 9.17) is 10.5 Å². The fraction of sp³-hybridized carbons (Fsp3) is 0.125. The van der Waals surface area contributed by atoms with E-state index >= 15 is 0 Å². The summed E-state index contributed by atoms with van der Waals surface area (Å²) in [7, 11) is 3.59. The molecular formula is C16H14N6. The van der Waals surface area contributed by atoms with Crippen molar-refractivity contribution < 1.29 is 0 Å². The third-order valence-corrected chi connectivity index (χ3v) is 2.36. The standard InChI is InChI=1S/C16H14N6/c1-22(2)12-20-16(21-15-6-4-3-5-7-15)14(11-19)8-13(9-17)10-18/h3-8,12,21H,1-2H3/b16-14+,20-12+. The zero-order chi connectivity index (χ0) is 16.4. The monoisotopic (exact) mass is 290 g/mol. The lowest BCUT2D eigenvalue weighted by molar-refractivity contribution is 0.642. The van der Waals surface area contributed by atoms with Crippen LogP contribution < -0.4 is 5.32 Å². The van der Waals surface area contributed by atoms with Crippen LogP contribution in [0.1, 0.15) is 0 Å². The molecule has 108 valence electrons. The van der Waals surface area contributed by atoms with Crippen LogP contribution in [0.4, 0.5) is 5.69 Å². The highest BCUT2D eigenvalue weighted by atomic mass is 15.1. The van der Waals surface area contributed by atoms with E-state index in [2.05, 4.69) is 10.3 Å². The second-order valence-corrected chi connectivity index (χ2v) is 4.35. The fourth-order valence-electron chi connectivity index (χ4n) is 1.39. The van der Waals surface area contributed by atoms with Crippen LogP contribution in [0, 0.1) is 34.0 Å². The van der Waals surface area contributed by atoms with Crippen LogP contribution in [0.5, 0.6) is 0 Å². The summed E-state index contributed by atoms with van der Waals surface area (Å²) in [5, 5.41) is 29.9. The van der Waals surface area contributed by atoms with Crippen LogP contribution >= 0.6 is 0 Å². The SMILES string of the molecule is CN(C)/C=N/C(Nc1ccccc1)=C(\C#N)C=C(C#N)C#N. The number of anilines is 1. The Morgan fingerprint density at radius 3 is 2.23 bits per heavy atom. The molecule has 0 saturated carbocycles. The van der Waals surface area contributed by atoms with Gasteiger partial charge in [0.25, 0.3) is 0 Å². The average molecular weight is 290 g/mol. The van der Waals surface area contributed by atoms with E-state index in [0.29, 0.717) is 0 Å². The number of benzene rings is 1. The highest BCUT2D eigenvalue weighted by Crippen LogP contribution is 2.15. The maximum absolute atomic E-state index is 9.28. The molecule has 0 fully saturated rings. The molecule has 0 amide bonds. The van der Waals surface area contributed by atoms with Gasteiger partial charge in [0, 0.05) is 19.8 Å². The zero-order valence-electron chi connectivity index (χ0n) is 12.3. The topological polar surface area (TPSA) is 99.0 Å². The second kappa shape index (κ2) is 8.58. The van der Waals surface area contributed by atoms with Crippen LogP contribution in [0.25, 0.3) is 0 Å². The number of aliphatic imine (C=N–C) groups is 1. The lowest BCUT2D eigenvalue weighted by atomic mass is 10.2. The number of hydrogen-bond donors (Lipinski definition) is 1. The predicted molar refractivity (Wildman–Crippen MR) is 84.2 cm³/mol. The highest BCUT2D eigenvalue weighted by molar-refractivity contribution is 5.61. The molecule has 0 bridgehead atoms. The summed E-state index contributed by atoms with van der Waals surface area (Å²) in [5.74, 6) is 0.255. The molecule has 0 heterocycles. The first-order chi connectivity index (χ1) is 10.6. The Hall–Kier alpha value is -3.56. The molecule has 6 heteroatoms. The van der Waals surface area contributed by atoms with Gasteiger partial charge in [-0.3, -0.25) is 0 Å². The largest absolute Gasteiger partial charge is 0.369 e. The van der Waals surface area contributed by atoms with Gasteiger partial charge in [-0.1, -0.05) is 18.2 Å². The summed E-state index contributed by atoms with van der Waals surface area (Å²) >= 11 is 0. The van der Waals surface area contributed by atoms with Crippen molar-refractivity contribution in [2.45, 2.75) is 0 Å². The van der Waals surface area contributed by atoms with Gasteiger partial charge in [-0.15, -0.1) is 0 Å². The van der Waals surface area contributed by atoms with Gasteiger partial charge < -0.3 is 10.2 Å². The van der Waals surface area contributed by atoms with Crippen molar-refractivity contribution in [3.05, 3.63) is 53.4 Å². The van der Waals surface area contributed by atoms with Crippen molar-refractivity contribution in [2.75, 3.05) is 19.4 Å². The predicted octanol–water partition coefficient (Wildman–Crippen LogP) is 2.40. The lowest BCUT2D eigenvalue weighted by Gasteiger charge is -2.09. The molecule has 0 aliphatic rings. The smallest absolute Gasteiger partial charge is 0.150 e. The molecule has 1 aromatic rings. The van der Waals surface area contributed by atoms with Gasteiger partial charge in [0.2, 0.25) is 0 Å². The van der Waals surface area contributed by atoms with Gasteiger partial charge in [-0.05, 0) is 18.2 Å². The van der Waals surface area contributed by atoms with E-state index in [-0.39, 0.29) is 17.0 Å². The van der Waals surface area contributed by atoms with E-state index in [9.17, 15) is 5.26 Å². The van der Waals surface area contributed by atoms with Crippen molar-refractivity contribution in [1.82, 2.24) is 4.90 Å². The lowest BCUT2D eigenvalue weighted by Crippen LogP contribution is -2.10. The molecule has 0 atom stereocenters. The molecule has 1 aromatic carbocycles. The number of para-hydroxylation sites is 1. The zero-order valence-corrected chi connectivity index (χ0v) is 12.3. The van der Waals surface area contributed by atoms with E-state index in [0.717, 1.165) is 5.69 Å². The van der Waals surface area contributed by atoms with Gasteiger partial charge in [-0.25, -0.2) is 4.99 Å². The maximum atomic E-state index is 9.28. The van der Waals surface area contributed by atoms with Crippen LogP contribution in [0.2, 0.25) is 0 Å². The maximum Gasteiger partial charge on any atom is 0.150 e. The van der Waals surface area contributed by atoms with E-state index in [1.165, 1.54) is 12.4 Å². The highest BCUT2D eigenvalue weighted by Gasteiger charge is 2.06. The Kier molecular flexibility index (Phi) is 6.43. The molecule has 0 saturated heterocycles. The minimum absolute atomic E-state index is 0.0973. The summed E-state index contributed by atoms with van der Waals surface area (Å²) in [6.45, 7) is 0. The number of rotatable bonds is 5. The van der Waals surface area contributed by atoms with Crippen molar-refractivity contribution >= 4 is 12.0 Å². The molecule has 0 aromatic heterocycles. The van der Waals surface area contributed by atoms with Gasteiger partial charge in [0.1, 0.15) is 29.6 Å². The summed E-state index contributed by atoms with van der Waals surface area (Å²) in [6, 6.07) is 14.6. The Labute approximate surface area is 129 Å². The summed E-state index contributed by atoms with van der Waals surface area (Å²) in [5.41, 5.74) is 0.675. The quantitative estimate of drug-likeness (QED) is 0.388. The third kappa shape index (κ3) is 5.21. The van der Waals surface area contributed by atoms with Crippen LogP contribution in [-0.2, 0) is 0 Å². The van der Waals surface area contributed by atoms with Crippen molar-refractivity contribution in [2.24, 2.45) is 4.99 Å². The van der Waals surface area contributed by atoms with Gasteiger partial charge in [0.15, 0.2) is 0 Å². The Balaban J connectivity index is 3.32. The number of hydrogen-bond acceptors (Lipinski definition) is 5. The molecular weight excluding hydrogens is 276 g/mol. The third-order valence-electron chi connectivity index (χ3n) is 2.36. The van der Waals surface area contributed by atoms with E-state index < -0.39 is 0 Å². The summed E-state index contributed by atoms with van der Waals surface area (Å²) in [4.78, 5) is 5.90. The molecule has 0 spiro atoms. The fourth-order valence-corrected chi connectivity index (χ4v) is 1.39. The summed E-state index contributed by atoms with van der Waals surface area (Å²) in [6.07, 6.45) is 2.73. The van der Waals surface area contributed by atoms with Crippen LogP contribution in [0.15, 0.2) is 58.4 Å². The number of nitriles is 3. The second-order valence-electron chi connectivity index (χ2n) is 4.35.